The first-order chi connectivity index (χ1) is 11.5. The lowest BCUT2D eigenvalue weighted by Crippen LogP contribution is -2.24. The van der Waals surface area contributed by atoms with Crippen molar-refractivity contribution in [3.8, 4) is 17.6 Å². The summed E-state index contributed by atoms with van der Waals surface area (Å²) in [4.78, 5) is 0. The number of hydrogen-bond donors (Lipinski definition) is 1. The largest absolute Gasteiger partial charge is 0.493 e. The first kappa shape index (κ1) is 17.8. The minimum absolute atomic E-state index is 0.147. The van der Waals surface area contributed by atoms with Crippen LogP contribution in [0.25, 0.3) is 0 Å². The summed E-state index contributed by atoms with van der Waals surface area (Å²) >= 11 is 0. The molecular weight excluding hydrogens is 328 g/mol. The molecule has 2 aromatic rings. The molecule has 0 saturated carbocycles. The topological polar surface area (TPSA) is 88.4 Å². The maximum atomic E-state index is 12.2. The normalized spacial score (nSPS) is 10.9. The Morgan fingerprint density at radius 1 is 1.00 bits per heavy atom. The number of sulfonamides is 1. The molecule has 0 radical (unpaired) electrons. The molecule has 0 bridgehead atoms. The zero-order valence-electron chi connectivity index (χ0n) is 13.4. The first-order valence-corrected chi connectivity index (χ1v) is 8.80. The van der Waals surface area contributed by atoms with Gasteiger partial charge in [-0.1, -0.05) is 18.2 Å². The van der Waals surface area contributed by atoms with E-state index in [2.05, 4.69) is 4.72 Å². The number of hydrogen-bond acceptors (Lipinski definition) is 5. The van der Waals surface area contributed by atoms with Gasteiger partial charge in [0.05, 0.1) is 31.6 Å². The van der Waals surface area contributed by atoms with Gasteiger partial charge in [-0.3, -0.25) is 0 Å². The quantitative estimate of drug-likeness (QED) is 0.830. The summed E-state index contributed by atoms with van der Waals surface area (Å²) in [6.07, 6.45) is 0. The van der Waals surface area contributed by atoms with Crippen molar-refractivity contribution in [2.45, 2.75) is 12.3 Å². The van der Waals surface area contributed by atoms with Crippen LogP contribution in [0.3, 0.4) is 0 Å². The summed E-state index contributed by atoms with van der Waals surface area (Å²) in [5.74, 6) is 0.981. The number of nitrogens with one attached hydrogen (secondary N) is 1. The van der Waals surface area contributed by atoms with Gasteiger partial charge >= 0.3 is 0 Å². The van der Waals surface area contributed by atoms with Gasteiger partial charge in [0.1, 0.15) is 0 Å². The van der Waals surface area contributed by atoms with E-state index in [0.29, 0.717) is 22.6 Å². The average molecular weight is 346 g/mol. The van der Waals surface area contributed by atoms with Crippen LogP contribution >= 0.6 is 0 Å². The van der Waals surface area contributed by atoms with Gasteiger partial charge in [-0.15, -0.1) is 0 Å². The summed E-state index contributed by atoms with van der Waals surface area (Å²) in [6, 6.07) is 13.7. The Labute approximate surface area is 141 Å². The molecule has 0 aliphatic carbocycles. The van der Waals surface area contributed by atoms with Crippen LogP contribution in [0.1, 0.15) is 16.7 Å². The van der Waals surface area contributed by atoms with Crippen molar-refractivity contribution in [2.75, 3.05) is 14.2 Å². The Hall–Kier alpha value is -2.56. The Balaban J connectivity index is 2.03. The zero-order chi connectivity index (χ0) is 17.6. The van der Waals surface area contributed by atoms with E-state index in [-0.39, 0.29) is 12.3 Å². The van der Waals surface area contributed by atoms with Gasteiger partial charge in [0.2, 0.25) is 10.0 Å². The molecule has 24 heavy (non-hydrogen) atoms. The molecule has 0 unspecified atom stereocenters. The fourth-order valence-electron chi connectivity index (χ4n) is 2.13. The van der Waals surface area contributed by atoms with Gasteiger partial charge < -0.3 is 9.47 Å². The standard InChI is InChI=1S/C17H18N2O4S/c1-22-16-8-7-15(9-17(16)23-2)11-19-24(20,21)12-14-5-3-13(10-18)4-6-14/h3-9,19H,11-12H2,1-2H3. The molecule has 2 aromatic carbocycles. The molecule has 1 N–H and O–H groups in total. The van der Waals surface area contributed by atoms with Crippen LogP contribution in [0, 0.1) is 11.3 Å². The van der Waals surface area contributed by atoms with E-state index >= 15 is 0 Å². The SMILES string of the molecule is COc1ccc(CNS(=O)(=O)Cc2ccc(C#N)cc2)cc1OC. The van der Waals surface area contributed by atoms with E-state index in [1.54, 1.807) is 42.5 Å². The Kier molecular flexibility index (Phi) is 5.79. The van der Waals surface area contributed by atoms with Gasteiger partial charge in [0.15, 0.2) is 11.5 Å². The van der Waals surface area contributed by atoms with Gasteiger partial charge in [0, 0.05) is 6.54 Å². The van der Waals surface area contributed by atoms with Gasteiger partial charge in [-0.2, -0.15) is 5.26 Å². The van der Waals surface area contributed by atoms with Crippen molar-refractivity contribution in [1.29, 1.82) is 5.26 Å². The average Bonchev–Trinajstić information content (AvgIpc) is 2.60. The Morgan fingerprint density at radius 2 is 1.62 bits per heavy atom. The predicted octanol–water partition coefficient (Wildman–Crippen LogP) is 2.20. The first-order valence-electron chi connectivity index (χ1n) is 7.14. The maximum absolute atomic E-state index is 12.2. The molecular formula is C17H18N2O4S. The molecule has 2 rings (SSSR count). The van der Waals surface area contributed by atoms with Crippen LogP contribution in [0.2, 0.25) is 0 Å². The molecule has 0 amide bonds. The highest BCUT2D eigenvalue weighted by atomic mass is 32.2. The van der Waals surface area contributed by atoms with E-state index in [9.17, 15) is 8.42 Å². The third kappa shape index (κ3) is 4.72. The second-order valence-corrected chi connectivity index (χ2v) is 6.89. The lowest BCUT2D eigenvalue weighted by Gasteiger charge is -2.11. The fourth-order valence-corrected chi connectivity index (χ4v) is 3.25. The third-order valence-electron chi connectivity index (χ3n) is 3.38. The molecule has 0 saturated heterocycles. The molecule has 0 heterocycles. The number of methoxy groups -OCH3 is 2. The highest BCUT2D eigenvalue weighted by Crippen LogP contribution is 2.27. The zero-order valence-corrected chi connectivity index (χ0v) is 14.3. The van der Waals surface area contributed by atoms with Crippen LogP contribution in [0.4, 0.5) is 0 Å². The lowest BCUT2D eigenvalue weighted by molar-refractivity contribution is 0.354. The minimum Gasteiger partial charge on any atom is -0.493 e. The molecule has 0 spiro atoms. The van der Waals surface area contributed by atoms with E-state index in [1.165, 1.54) is 14.2 Å². The van der Waals surface area contributed by atoms with Gasteiger partial charge in [-0.25, -0.2) is 13.1 Å². The molecule has 0 fully saturated rings. The molecule has 7 heteroatoms. The fraction of sp³-hybridized carbons (Fsp3) is 0.235. The van der Waals surface area contributed by atoms with Crippen molar-refractivity contribution in [3.05, 3.63) is 59.2 Å². The second kappa shape index (κ2) is 7.81. The van der Waals surface area contributed by atoms with Gasteiger partial charge in [0.25, 0.3) is 0 Å². The van der Waals surface area contributed by atoms with Crippen molar-refractivity contribution in [2.24, 2.45) is 0 Å². The van der Waals surface area contributed by atoms with Crippen LogP contribution in [0.15, 0.2) is 42.5 Å². The summed E-state index contributed by atoms with van der Waals surface area (Å²) in [7, 11) is -0.429. The highest BCUT2D eigenvalue weighted by Gasteiger charge is 2.12. The number of nitrogens with zero attached hydrogens (tertiary/aromatic N) is 1. The molecule has 126 valence electrons. The second-order valence-electron chi connectivity index (χ2n) is 5.08. The third-order valence-corrected chi connectivity index (χ3v) is 4.68. The van der Waals surface area contributed by atoms with Crippen LogP contribution in [-0.4, -0.2) is 22.6 Å². The van der Waals surface area contributed by atoms with Crippen molar-refractivity contribution in [3.63, 3.8) is 0 Å². The Morgan fingerprint density at radius 3 is 2.21 bits per heavy atom. The monoisotopic (exact) mass is 346 g/mol. The molecule has 0 aliphatic heterocycles. The number of nitriles is 1. The number of benzene rings is 2. The summed E-state index contributed by atoms with van der Waals surface area (Å²) in [5, 5.41) is 8.75. The highest BCUT2D eigenvalue weighted by molar-refractivity contribution is 7.88. The molecule has 0 aromatic heterocycles. The van der Waals surface area contributed by atoms with Crippen LogP contribution in [-0.2, 0) is 22.3 Å². The van der Waals surface area contributed by atoms with Crippen molar-refractivity contribution in [1.82, 2.24) is 4.72 Å². The van der Waals surface area contributed by atoms with E-state index < -0.39 is 10.0 Å². The van der Waals surface area contributed by atoms with E-state index in [0.717, 1.165) is 5.56 Å². The smallest absolute Gasteiger partial charge is 0.216 e. The summed E-state index contributed by atoms with van der Waals surface area (Å²) < 4.78 is 37.2. The Bertz CT molecular complexity index is 840. The summed E-state index contributed by atoms with van der Waals surface area (Å²) in [5.41, 5.74) is 1.87. The van der Waals surface area contributed by atoms with E-state index in [4.69, 9.17) is 14.7 Å². The predicted molar refractivity (Wildman–Crippen MR) is 90.2 cm³/mol. The maximum Gasteiger partial charge on any atom is 0.216 e. The minimum atomic E-state index is -3.49. The van der Waals surface area contributed by atoms with Crippen LogP contribution < -0.4 is 14.2 Å². The number of rotatable bonds is 7. The summed E-state index contributed by atoms with van der Waals surface area (Å²) in [6.45, 7) is 0.152. The van der Waals surface area contributed by atoms with Crippen LogP contribution in [0.5, 0.6) is 11.5 Å². The molecule has 0 atom stereocenters. The van der Waals surface area contributed by atoms with Crippen molar-refractivity contribution >= 4 is 10.0 Å². The van der Waals surface area contributed by atoms with Crippen molar-refractivity contribution < 1.29 is 17.9 Å². The molecule has 0 aliphatic rings. The molecule has 6 nitrogen and oxygen atoms in total. The number of ether oxygens (including phenoxy) is 2. The lowest BCUT2D eigenvalue weighted by atomic mass is 10.2. The van der Waals surface area contributed by atoms with E-state index in [1.807, 2.05) is 6.07 Å². The van der Waals surface area contributed by atoms with Gasteiger partial charge in [-0.05, 0) is 35.4 Å².